The predicted octanol–water partition coefficient (Wildman–Crippen LogP) is 4.18. The van der Waals surface area contributed by atoms with E-state index in [1.165, 1.54) is 0 Å². The maximum Gasteiger partial charge on any atom is 0.344 e. The van der Waals surface area contributed by atoms with Gasteiger partial charge in [-0.1, -0.05) is 18.2 Å². The Balaban J connectivity index is 1.22. The van der Waals surface area contributed by atoms with Crippen molar-refractivity contribution in [3.05, 3.63) is 97.0 Å². The van der Waals surface area contributed by atoms with Crippen LogP contribution >= 0.6 is 0 Å². The van der Waals surface area contributed by atoms with Crippen LogP contribution in [0.4, 0.5) is 0 Å². The molecule has 0 atom stereocenters. The van der Waals surface area contributed by atoms with Gasteiger partial charge in [-0.25, -0.2) is 14.5 Å². The highest BCUT2D eigenvalue weighted by molar-refractivity contribution is 5.71. The Labute approximate surface area is 173 Å². The van der Waals surface area contributed by atoms with Crippen molar-refractivity contribution in [2.45, 2.75) is 6.61 Å². The van der Waals surface area contributed by atoms with Gasteiger partial charge in [-0.05, 0) is 54.1 Å². The minimum absolute atomic E-state index is 0.175. The molecular formula is C23H19N3O4. The summed E-state index contributed by atoms with van der Waals surface area (Å²) in [6.07, 6.45) is 5.24. The summed E-state index contributed by atoms with van der Waals surface area (Å²) in [5, 5.41) is 4.17. The van der Waals surface area contributed by atoms with Gasteiger partial charge >= 0.3 is 5.97 Å². The second kappa shape index (κ2) is 9.38. The van der Waals surface area contributed by atoms with Crippen LogP contribution in [0.25, 0.3) is 5.69 Å². The second-order valence-electron chi connectivity index (χ2n) is 6.31. The third-order valence-electron chi connectivity index (χ3n) is 4.15. The summed E-state index contributed by atoms with van der Waals surface area (Å²) in [6.45, 7) is 0.00422. The smallest absolute Gasteiger partial charge is 0.344 e. The Morgan fingerprint density at radius 1 is 0.867 bits per heavy atom. The van der Waals surface area contributed by atoms with Crippen LogP contribution < -0.4 is 9.47 Å². The fourth-order valence-corrected chi connectivity index (χ4v) is 2.65. The van der Waals surface area contributed by atoms with Crippen molar-refractivity contribution in [2.24, 2.45) is 0 Å². The lowest BCUT2D eigenvalue weighted by Crippen LogP contribution is -2.14. The average Bonchev–Trinajstić information content (AvgIpc) is 3.33. The molecule has 7 heteroatoms. The Bertz CT molecular complexity index is 1060. The highest BCUT2D eigenvalue weighted by Gasteiger charge is 2.06. The van der Waals surface area contributed by atoms with E-state index in [2.05, 4.69) is 10.1 Å². The number of carbonyl (C=O) groups is 1. The van der Waals surface area contributed by atoms with Crippen molar-refractivity contribution >= 4 is 5.97 Å². The van der Waals surface area contributed by atoms with Gasteiger partial charge in [0.15, 0.2) is 6.61 Å². The summed E-state index contributed by atoms with van der Waals surface area (Å²) in [7, 11) is 0. The van der Waals surface area contributed by atoms with E-state index < -0.39 is 5.97 Å². The van der Waals surface area contributed by atoms with Gasteiger partial charge in [0.05, 0.1) is 5.69 Å². The van der Waals surface area contributed by atoms with Crippen LogP contribution in [0.3, 0.4) is 0 Å². The number of hydrogen-bond donors (Lipinski definition) is 0. The lowest BCUT2D eigenvalue weighted by molar-refractivity contribution is -0.147. The molecule has 0 saturated carbocycles. The van der Waals surface area contributed by atoms with Gasteiger partial charge in [0.25, 0.3) is 0 Å². The topological polar surface area (TPSA) is 75.5 Å². The molecule has 4 aromatic rings. The SMILES string of the molecule is O=C(COc1ccc(Oc2ccccn2)cc1)OCc1ccc(-n2cccn2)cc1. The van der Waals surface area contributed by atoms with Crippen LogP contribution in [0, 0.1) is 0 Å². The minimum Gasteiger partial charge on any atom is -0.482 e. The van der Waals surface area contributed by atoms with E-state index in [-0.39, 0.29) is 13.2 Å². The molecule has 0 unspecified atom stereocenters. The van der Waals surface area contributed by atoms with E-state index in [1.807, 2.05) is 48.7 Å². The quantitative estimate of drug-likeness (QED) is 0.412. The molecule has 0 aliphatic carbocycles. The van der Waals surface area contributed by atoms with Crippen molar-refractivity contribution in [3.8, 4) is 23.1 Å². The lowest BCUT2D eigenvalue weighted by atomic mass is 10.2. The lowest BCUT2D eigenvalue weighted by Gasteiger charge is -2.09. The maximum atomic E-state index is 12.0. The molecule has 0 saturated heterocycles. The summed E-state index contributed by atoms with van der Waals surface area (Å²) >= 11 is 0. The van der Waals surface area contributed by atoms with Crippen LogP contribution in [0.2, 0.25) is 0 Å². The molecule has 2 aromatic carbocycles. The number of carbonyl (C=O) groups excluding carboxylic acids is 1. The summed E-state index contributed by atoms with van der Waals surface area (Å²) in [6, 6.07) is 21.9. The normalized spacial score (nSPS) is 10.4. The Morgan fingerprint density at radius 2 is 1.67 bits per heavy atom. The molecule has 0 radical (unpaired) electrons. The van der Waals surface area contributed by atoms with Crippen molar-refractivity contribution in [1.29, 1.82) is 0 Å². The molecular weight excluding hydrogens is 382 g/mol. The van der Waals surface area contributed by atoms with E-state index in [4.69, 9.17) is 14.2 Å². The minimum atomic E-state index is -0.444. The number of esters is 1. The van der Waals surface area contributed by atoms with E-state index in [0.717, 1.165) is 11.3 Å². The van der Waals surface area contributed by atoms with Gasteiger partial charge in [-0.2, -0.15) is 5.10 Å². The van der Waals surface area contributed by atoms with Crippen molar-refractivity contribution in [1.82, 2.24) is 14.8 Å². The van der Waals surface area contributed by atoms with E-state index in [1.54, 1.807) is 47.4 Å². The molecule has 0 N–H and O–H groups in total. The van der Waals surface area contributed by atoms with Crippen molar-refractivity contribution in [2.75, 3.05) is 6.61 Å². The summed E-state index contributed by atoms with van der Waals surface area (Å²) < 4.78 is 18.1. The Kier molecular flexibility index (Phi) is 6.00. The van der Waals surface area contributed by atoms with Crippen LogP contribution in [0.1, 0.15) is 5.56 Å². The van der Waals surface area contributed by atoms with E-state index in [9.17, 15) is 4.79 Å². The summed E-state index contributed by atoms with van der Waals surface area (Å²) in [4.78, 5) is 16.1. The average molecular weight is 401 g/mol. The van der Waals surface area contributed by atoms with E-state index >= 15 is 0 Å². The molecule has 2 aromatic heterocycles. The Hall–Kier alpha value is -4.13. The molecule has 7 nitrogen and oxygen atoms in total. The third kappa shape index (κ3) is 5.23. The van der Waals surface area contributed by atoms with Crippen LogP contribution in [0.5, 0.6) is 17.4 Å². The molecule has 4 rings (SSSR count). The van der Waals surface area contributed by atoms with E-state index in [0.29, 0.717) is 17.4 Å². The summed E-state index contributed by atoms with van der Waals surface area (Å²) in [5.41, 5.74) is 1.82. The van der Waals surface area contributed by atoms with Gasteiger partial charge in [0.2, 0.25) is 5.88 Å². The fraction of sp³-hybridized carbons (Fsp3) is 0.0870. The number of hydrogen-bond acceptors (Lipinski definition) is 6. The molecule has 0 aliphatic rings. The van der Waals surface area contributed by atoms with Gasteiger partial charge in [-0.15, -0.1) is 0 Å². The molecule has 150 valence electrons. The zero-order chi connectivity index (χ0) is 20.6. The Morgan fingerprint density at radius 3 is 2.37 bits per heavy atom. The molecule has 0 amide bonds. The number of aromatic nitrogens is 3. The number of ether oxygens (including phenoxy) is 3. The summed E-state index contributed by atoms with van der Waals surface area (Å²) in [5.74, 6) is 1.23. The first kappa shape index (κ1) is 19.2. The highest BCUT2D eigenvalue weighted by atomic mass is 16.6. The van der Waals surface area contributed by atoms with Gasteiger partial charge in [-0.3, -0.25) is 0 Å². The second-order valence-corrected chi connectivity index (χ2v) is 6.31. The van der Waals surface area contributed by atoms with Crippen molar-refractivity contribution < 1.29 is 19.0 Å². The van der Waals surface area contributed by atoms with Gasteiger partial charge < -0.3 is 14.2 Å². The first-order chi connectivity index (χ1) is 14.8. The first-order valence-electron chi connectivity index (χ1n) is 9.32. The number of rotatable bonds is 8. The largest absolute Gasteiger partial charge is 0.482 e. The van der Waals surface area contributed by atoms with Gasteiger partial charge in [0, 0.05) is 24.7 Å². The number of pyridine rings is 1. The number of benzene rings is 2. The molecule has 2 heterocycles. The number of nitrogens with zero attached hydrogens (tertiary/aromatic N) is 3. The zero-order valence-electron chi connectivity index (χ0n) is 16.0. The third-order valence-corrected chi connectivity index (χ3v) is 4.15. The predicted molar refractivity (Wildman–Crippen MR) is 110 cm³/mol. The van der Waals surface area contributed by atoms with Crippen LogP contribution in [-0.4, -0.2) is 27.3 Å². The molecule has 0 aliphatic heterocycles. The molecule has 0 bridgehead atoms. The van der Waals surface area contributed by atoms with Crippen LogP contribution in [0.15, 0.2) is 91.4 Å². The zero-order valence-corrected chi connectivity index (χ0v) is 16.0. The maximum absolute atomic E-state index is 12.0. The monoisotopic (exact) mass is 401 g/mol. The highest BCUT2D eigenvalue weighted by Crippen LogP contribution is 2.22. The fourth-order valence-electron chi connectivity index (χ4n) is 2.65. The van der Waals surface area contributed by atoms with Crippen molar-refractivity contribution in [3.63, 3.8) is 0 Å². The first-order valence-corrected chi connectivity index (χ1v) is 9.32. The molecule has 30 heavy (non-hydrogen) atoms. The standard InChI is InChI=1S/C23H19N3O4/c27-23(29-16-18-5-7-19(8-6-18)26-15-3-14-25-26)17-28-20-9-11-21(12-10-20)30-22-4-1-2-13-24-22/h1-15H,16-17H2. The van der Waals surface area contributed by atoms with Gasteiger partial charge in [0.1, 0.15) is 18.1 Å². The molecule has 0 fully saturated rings. The van der Waals surface area contributed by atoms with Crippen LogP contribution in [-0.2, 0) is 16.1 Å². The molecule has 0 spiro atoms.